The standard InChI is InChI=1S/C17H22N4O2/c1-12-5-3-4-6-14(12)15(17(22)23-2)21-9-7-13(8-10-21)16-18-11-19-20-16/h3-6,11,13,15H,7-10H2,1-2H3,(H,18,19,20)/t15-/m0/s1. The molecule has 6 nitrogen and oxygen atoms in total. The molecular formula is C17H22N4O2. The van der Waals surface area contributed by atoms with Gasteiger partial charge in [-0.25, -0.2) is 9.78 Å². The Morgan fingerprint density at radius 1 is 1.35 bits per heavy atom. The van der Waals surface area contributed by atoms with Gasteiger partial charge in [0.25, 0.3) is 0 Å². The van der Waals surface area contributed by atoms with Crippen LogP contribution in [0.1, 0.15) is 41.8 Å². The number of hydrogen-bond acceptors (Lipinski definition) is 5. The van der Waals surface area contributed by atoms with Gasteiger partial charge >= 0.3 is 5.97 Å². The fourth-order valence-corrected chi connectivity index (χ4v) is 3.32. The number of nitrogens with zero attached hydrogens (tertiary/aromatic N) is 3. The molecule has 1 saturated heterocycles. The highest BCUT2D eigenvalue weighted by molar-refractivity contribution is 5.78. The predicted molar refractivity (Wildman–Crippen MR) is 85.9 cm³/mol. The van der Waals surface area contributed by atoms with Gasteiger partial charge in [-0.05, 0) is 44.0 Å². The minimum Gasteiger partial charge on any atom is -0.468 e. The number of aromatic amines is 1. The minimum atomic E-state index is -0.336. The third-order valence-corrected chi connectivity index (χ3v) is 4.62. The highest BCUT2D eigenvalue weighted by atomic mass is 16.5. The average molecular weight is 314 g/mol. The monoisotopic (exact) mass is 314 g/mol. The van der Waals surface area contributed by atoms with Crippen molar-refractivity contribution >= 4 is 5.97 Å². The molecule has 122 valence electrons. The molecule has 2 heterocycles. The number of piperidine rings is 1. The Labute approximate surface area is 135 Å². The molecule has 1 aliphatic heterocycles. The summed E-state index contributed by atoms with van der Waals surface area (Å²) in [5.74, 6) is 1.12. The number of nitrogens with one attached hydrogen (secondary N) is 1. The van der Waals surface area contributed by atoms with Crippen molar-refractivity contribution in [3.05, 3.63) is 47.5 Å². The summed E-state index contributed by atoms with van der Waals surface area (Å²) in [7, 11) is 1.45. The van der Waals surface area contributed by atoms with Crippen LogP contribution in [0.2, 0.25) is 0 Å². The maximum Gasteiger partial charge on any atom is 0.327 e. The Kier molecular flexibility index (Phi) is 4.71. The number of carbonyl (C=O) groups excluding carboxylic acids is 1. The van der Waals surface area contributed by atoms with E-state index in [1.807, 2.05) is 31.2 Å². The van der Waals surface area contributed by atoms with Crippen molar-refractivity contribution in [2.45, 2.75) is 31.7 Å². The van der Waals surface area contributed by atoms with Gasteiger partial charge in [-0.3, -0.25) is 10.00 Å². The number of esters is 1. The van der Waals surface area contributed by atoms with Crippen LogP contribution in [0.5, 0.6) is 0 Å². The molecule has 3 rings (SSSR count). The van der Waals surface area contributed by atoms with Gasteiger partial charge in [0, 0.05) is 5.92 Å². The molecule has 0 unspecified atom stereocenters. The zero-order chi connectivity index (χ0) is 16.2. The lowest BCUT2D eigenvalue weighted by atomic mass is 9.92. The molecule has 0 amide bonds. The van der Waals surface area contributed by atoms with Gasteiger partial charge in [-0.2, -0.15) is 5.10 Å². The van der Waals surface area contributed by atoms with E-state index < -0.39 is 0 Å². The summed E-state index contributed by atoms with van der Waals surface area (Å²) in [5.41, 5.74) is 2.14. The second-order valence-corrected chi connectivity index (χ2v) is 5.96. The van der Waals surface area contributed by atoms with Crippen molar-refractivity contribution in [3.8, 4) is 0 Å². The van der Waals surface area contributed by atoms with Gasteiger partial charge < -0.3 is 4.74 Å². The van der Waals surface area contributed by atoms with Crippen molar-refractivity contribution in [2.24, 2.45) is 0 Å². The highest BCUT2D eigenvalue weighted by Crippen LogP contribution is 2.32. The van der Waals surface area contributed by atoms with Crippen LogP contribution in [-0.2, 0) is 9.53 Å². The van der Waals surface area contributed by atoms with E-state index in [2.05, 4.69) is 20.1 Å². The number of methoxy groups -OCH3 is 1. The van der Waals surface area contributed by atoms with Crippen molar-refractivity contribution in [1.82, 2.24) is 20.1 Å². The molecule has 1 aromatic heterocycles. The average Bonchev–Trinajstić information content (AvgIpc) is 3.12. The SMILES string of the molecule is COC(=O)[C@H](c1ccccc1C)N1CCC(c2ncn[nH]2)CC1. The fourth-order valence-electron chi connectivity index (χ4n) is 3.32. The number of carbonyl (C=O) groups is 1. The van der Waals surface area contributed by atoms with E-state index in [1.165, 1.54) is 7.11 Å². The van der Waals surface area contributed by atoms with E-state index in [1.54, 1.807) is 6.33 Å². The summed E-state index contributed by atoms with van der Waals surface area (Å²) in [4.78, 5) is 18.8. The van der Waals surface area contributed by atoms with E-state index in [0.717, 1.165) is 42.9 Å². The third kappa shape index (κ3) is 3.27. The molecule has 1 aliphatic rings. The molecule has 1 aromatic carbocycles. The van der Waals surface area contributed by atoms with E-state index in [0.29, 0.717) is 5.92 Å². The van der Waals surface area contributed by atoms with Crippen LogP contribution in [-0.4, -0.2) is 46.2 Å². The summed E-state index contributed by atoms with van der Waals surface area (Å²) in [5, 5.41) is 6.88. The Bertz CT molecular complexity index is 648. The highest BCUT2D eigenvalue weighted by Gasteiger charge is 2.33. The molecule has 0 aliphatic carbocycles. The van der Waals surface area contributed by atoms with Crippen LogP contribution in [0.15, 0.2) is 30.6 Å². The largest absolute Gasteiger partial charge is 0.468 e. The van der Waals surface area contributed by atoms with Crippen molar-refractivity contribution in [1.29, 1.82) is 0 Å². The molecule has 1 N–H and O–H groups in total. The van der Waals surface area contributed by atoms with Gasteiger partial charge in [0.1, 0.15) is 18.2 Å². The third-order valence-electron chi connectivity index (χ3n) is 4.62. The number of likely N-dealkylation sites (tertiary alicyclic amines) is 1. The predicted octanol–water partition coefficient (Wildman–Crippen LogP) is 2.21. The lowest BCUT2D eigenvalue weighted by Crippen LogP contribution is -2.40. The topological polar surface area (TPSA) is 71.1 Å². The van der Waals surface area contributed by atoms with Crippen molar-refractivity contribution in [3.63, 3.8) is 0 Å². The second-order valence-electron chi connectivity index (χ2n) is 5.96. The molecule has 0 spiro atoms. The molecule has 1 atom stereocenters. The van der Waals surface area contributed by atoms with E-state index in [9.17, 15) is 4.79 Å². The number of aryl methyl sites for hydroxylation is 1. The maximum absolute atomic E-state index is 12.4. The van der Waals surface area contributed by atoms with Crippen LogP contribution < -0.4 is 0 Å². The van der Waals surface area contributed by atoms with Crippen LogP contribution in [0.3, 0.4) is 0 Å². The molecule has 0 bridgehead atoms. The van der Waals surface area contributed by atoms with Gasteiger partial charge in [0.05, 0.1) is 7.11 Å². The van der Waals surface area contributed by atoms with E-state index in [4.69, 9.17) is 4.74 Å². The Hall–Kier alpha value is -2.21. The second kappa shape index (κ2) is 6.91. The number of ether oxygens (including phenoxy) is 1. The van der Waals surface area contributed by atoms with Crippen LogP contribution in [0.25, 0.3) is 0 Å². The van der Waals surface area contributed by atoms with Crippen LogP contribution in [0.4, 0.5) is 0 Å². The van der Waals surface area contributed by atoms with E-state index >= 15 is 0 Å². The van der Waals surface area contributed by atoms with Gasteiger partial charge in [0.2, 0.25) is 0 Å². The number of H-pyrrole nitrogens is 1. The first-order valence-corrected chi connectivity index (χ1v) is 7.93. The quantitative estimate of drug-likeness (QED) is 0.876. The van der Waals surface area contributed by atoms with Crippen molar-refractivity contribution < 1.29 is 9.53 Å². The van der Waals surface area contributed by atoms with Crippen molar-refractivity contribution in [2.75, 3.05) is 20.2 Å². The number of hydrogen-bond donors (Lipinski definition) is 1. The lowest BCUT2D eigenvalue weighted by molar-refractivity contribution is -0.147. The summed E-state index contributed by atoms with van der Waals surface area (Å²) in [6.45, 7) is 3.70. The van der Waals surface area contributed by atoms with Gasteiger partial charge in [-0.1, -0.05) is 24.3 Å². The Balaban J connectivity index is 1.77. The lowest BCUT2D eigenvalue weighted by Gasteiger charge is -2.36. The van der Waals surface area contributed by atoms with Crippen LogP contribution in [0, 0.1) is 6.92 Å². The summed E-state index contributed by atoms with van der Waals surface area (Å²) < 4.78 is 5.06. The first-order valence-electron chi connectivity index (χ1n) is 7.93. The van der Waals surface area contributed by atoms with E-state index in [-0.39, 0.29) is 12.0 Å². The Morgan fingerprint density at radius 3 is 2.70 bits per heavy atom. The fraction of sp³-hybridized carbons (Fsp3) is 0.471. The zero-order valence-corrected chi connectivity index (χ0v) is 13.5. The number of aromatic nitrogens is 3. The zero-order valence-electron chi connectivity index (χ0n) is 13.5. The summed E-state index contributed by atoms with van der Waals surface area (Å²) in [6, 6.07) is 7.67. The van der Waals surface area contributed by atoms with Gasteiger partial charge in [-0.15, -0.1) is 0 Å². The van der Waals surface area contributed by atoms with Gasteiger partial charge in [0.15, 0.2) is 0 Å². The molecule has 23 heavy (non-hydrogen) atoms. The molecule has 1 fully saturated rings. The molecule has 6 heteroatoms. The molecule has 0 radical (unpaired) electrons. The first-order chi connectivity index (χ1) is 11.2. The normalized spacial score (nSPS) is 17.8. The maximum atomic E-state index is 12.4. The first kappa shape index (κ1) is 15.7. The number of benzene rings is 1. The summed E-state index contributed by atoms with van der Waals surface area (Å²) >= 11 is 0. The minimum absolute atomic E-state index is 0.197. The molecule has 2 aromatic rings. The smallest absolute Gasteiger partial charge is 0.327 e. The number of rotatable bonds is 4. The summed E-state index contributed by atoms with van der Waals surface area (Å²) in [6.07, 6.45) is 3.45. The molecule has 0 saturated carbocycles. The molecular weight excluding hydrogens is 292 g/mol. The van der Waals surface area contributed by atoms with Crippen LogP contribution >= 0.6 is 0 Å². The Morgan fingerprint density at radius 2 is 2.09 bits per heavy atom.